The molecule has 1 aliphatic rings. The van der Waals surface area contributed by atoms with E-state index in [1.165, 1.54) is 36.4 Å². The molecule has 4 aromatic rings. The highest BCUT2D eigenvalue weighted by atomic mass is 31.2. The topological polar surface area (TPSA) is 129 Å². The van der Waals surface area contributed by atoms with Gasteiger partial charge in [-0.15, -0.1) is 12.6 Å². The van der Waals surface area contributed by atoms with E-state index in [0.29, 0.717) is 0 Å². The minimum absolute atomic E-state index is 0.0259. The van der Waals surface area contributed by atoms with Crippen molar-refractivity contribution in [3.05, 3.63) is 144 Å². The molecule has 9 nitrogen and oxygen atoms in total. The maximum Gasteiger partial charge on any atom is 0.269 e. The van der Waals surface area contributed by atoms with Crippen molar-refractivity contribution in [2.75, 3.05) is 19.5 Å². The van der Waals surface area contributed by atoms with Crippen LogP contribution in [0.5, 0.6) is 0 Å². The molecule has 0 N–H and O–H groups in total. The lowest BCUT2D eigenvalue weighted by Crippen LogP contribution is -2.59. The Morgan fingerprint density at radius 2 is 0.951 bits per heavy atom. The number of aryl methyl sites for hydroxylation is 1. The predicted molar refractivity (Wildman–Crippen MR) is 166 cm³/mol. The number of rotatable bonds is 7. The molecule has 206 valence electrons. The summed E-state index contributed by atoms with van der Waals surface area (Å²) in [5.74, 6) is -1.81. The van der Waals surface area contributed by atoms with Gasteiger partial charge in [0.1, 0.15) is 0 Å². The van der Waals surface area contributed by atoms with Gasteiger partial charge >= 0.3 is 0 Å². The summed E-state index contributed by atoms with van der Waals surface area (Å²) < 4.78 is 0. The molecule has 0 spiro atoms. The first-order valence-electron chi connectivity index (χ1n) is 13.0. The first kappa shape index (κ1) is 27.9. The van der Waals surface area contributed by atoms with Gasteiger partial charge in [0.25, 0.3) is 17.1 Å². The number of nitro benzene ring substituents is 3. The van der Waals surface area contributed by atoms with E-state index in [0.717, 1.165) is 44.8 Å². The molecule has 0 amide bonds. The Morgan fingerprint density at radius 3 is 1.34 bits per heavy atom. The van der Waals surface area contributed by atoms with Crippen LogP contribution in [0.3, 0.4) is 0 Å². The van der Waals surface area contributed by atoms with Crippen LogP contribution in [0.15, 0.2) is 97.1 Å². The summed E-state index contributed by atoms with van der Waals surface area (Å²) in [6.07, 6.45) is 0.746. The standard InChI is InChI=1S/C30H27BN3O6P/c1-21-4-6-22(7-5-21)29-20-41(2,3)31(24-10-16-27(17-11-24)33(37)38,25-12-18-28(19-13-25)34(39)40)30(29)23-8-14-26(15-9-23)32(35)36/h4-19H,20H2,1-3H3. The Labute approximate surface area is 237 Å². The molecule has 0 saturated heterocycles. The van der Waals surface area contributed by atoms with Crippen LogP contribution in [-0.2, 0) is 0 Å². The Hall–Kier alpha value is -4.69. The fourth-order valence-electron chi connectivity index (χ4n) is 6.49. The normalized spacial score (nSPS) is 15.5. The number of benzene rings is 4. The van der Waals surface area contributed by atoms with Crippen molar-refractivity contribution < 1.29 is 14.8 Å². The van der Waals surface area contributed by atoms with Gasteiger partial charge in [-0.05, 0) is 18.1 Å². The molecule has 0 fully saturated rings. The van der Waals surface area contributed by atoms with Crippen LogP contribution in [0, 0.1) is 37.3 Å². The van der Waals surface area contributed by atoms with Crippen molar-refractivity contribution in [1.82, 2.24) is 0 Å². The summed E-state index contributed by atoms with van der Waals surface area (Å²) in [4.78, 5) is 33.3. The van der Waals surface area contributed by atoms with E-state index in [9.17, 15) is 30.3 Å². The van der Waals surface area contributed by atoms with Gasteiger partial charge in [0.2, 0.25) is 5.87 Å². The number of non-ortho nitro benzene ring substituents is 3. The SMILES string of the molecule is Cc1ccc(C2=C(c3ccc([N+](=O)[O-])cc3)[B-](c3ccc([N+](=O)[O-])cc3)(c3ccc([N+](=O)[O-])cc3)[P+](C)(C)C2)cc1. The van der Waals surface area contributed by atoms with E-state index in [1.54, 1.807) is 36.4 Å². The van der Waals surface area contributed by atoms with E-state index >= 15 is 0 Å². The summed E-state index contributed by atoms with van der Waals surface area (Å²) in [7, 11) is -2.03. The van der Waals surface area contributed by atoms with Gasteiger partial charge in [-0.2, -0.15) is 10.9 Å². The monoisotopic (exact) mass is 567 g/mol. The molecular formula is C30H27BN3O6P. The molecule has 4 aromatic carbocycles. The highest BCUT2D eigenvalue weighted by Crippen LogP contribution is 2.71. The summed E-state index contributed by atoms with van der Waals surface area (Å²) in [6.45, 7) is 6.52. The summed E-state index contributed by atoms with van der Waals surface area (Å²) >= 11 is 0. The van der Waals surface area contributed by atoms with Crippen molar-refractivity contribution >= 4 is 52.0 Å². The maximum atomic E-state index is 11.5. The highest BCUT2D eigenvalue weighted by Gasteiger charge is 2.57. The van der Waals surface area contributed by atoms with Crippen LogP contribution in [0.1, 0.15) is 16.7 Å². The van der Waals surface area contributed by atoms with Crippen LogP contribution in [0.25, 0.3) is 11.0 Å². The highest BCUT2D eigenvalue weighted by molar-refractivity contribution is 8.14. The second-order valence-electron chi connectivity index (χ2n) is 11.0. The third-order valence-corrected chi connectivity index (χ3v) is 12.4. The second kappa shape index (κ2) is 10.4. The molecule has 11 heteroatoms. The van der Waals surface area contributed by atoms with Crippen molar-refractivity contribution in [3.63, 3.8) is 0 Å². The second-order valence-corrected chi connectivity index (χ2v) is 15.7. The molecule has 0 aromatic heterocycles. The number of nitrogens with zero attached hydrogens (tertiary/aromatic N) is 3. The minimum Gasteiger partial charge on any atom is -0.258 e. The first-order valence-corrected chi connectivity index (χ1v) is 15.9. The van der Waals surface area contributed by atoms with E-state index in [-0.39, 0.29) is 17.1 Å². The fourth-order valence-corrected chi connectivity index (χ4v) is 10.9. The molecule has 0 aliphatic carbocycles. The van der Waals surface area contributed by atoms with Crippen LogP contribution in [0.4, 0.5) is 17.1 Å². The Morgan fingerprint density at radius 1 is 0.585 bits per heavy atom. The summed E-state index contributed by atoms with van der Waals surface area (Å²) in [6, 6.07) is 28.0. The minimum atomic E-state index is -2.03. The lowest BCUT2D eigenvalue weighted by molar-refractivity contribution is -0.385. The van der Waals surface area contributed by atoms with Crippen molar-refractivity contribution in [2.24, 2.45) is 0 Å². The Balaban J connectivity index is 1.91. The number of nitro groups is 3. The molecule has 0 radical (unpaired) electrons. The third kappa shape index (κ3) is 4.70. The molecule has 1 aliphatic heterocycles. The summed E-state index contributed by atoms with van der Waals surface area (Å²) in [5.41, 5.74) is 6.76. The zero-order valence-corrected chi connectivity index (χ0v) is 23.7. The summed E-state index contributed by atoms with van der Waals surface area (Å²) in [5, 5.41) is 34.6. The lowest BCUT2D eigenvalue weighted by atomic mass is 9.32. The average molecular weight is 567 g/mol. The third-order valence-electron chi connectivity index (χ3n) is 8.32. The maximum absolute atomic E-state index is 11.5. The quantitative estimate of drug-likeness (QED) is 0.113. The number of allylic oxidation sites excluding steroid dienone is 1. The van der Waals surface area contributed by atoms with E-state index in [4.69, 9.17) is 0 Å². The first-order chi connectivity index (χ1) is 19.5. The molecule has 0 bridgehead atoms. The smallest absolute Gasteiger partial charge is 0.258 e. The zero-order chi connectivity index (χ0) is 29.5. The largest absolute Gasteiger partial charge is 0.269 e. The zero-order valence-electron chi connectivity index (χ0n) is 22.8. The van der Waals surface area contributed by atoms with E-state index in [1.807, 2.05) is 19.1 Å². The van der Waals surface area contributed by atoms with Gasteiger partial charge in [-0.3, -0.25) is 30.3 Å². The predicted octanol–water partition coefficient (Wildman–Crippen LogP) is 6.22. The Bertz CT molecular complexity index is 1640. The van der Waals surface area contributed by atoms with Crippen LogP contribution >= 0.6 is 7.14 Å². The molecule has 0 unspecified atom stereocenters. The molecule has 1 heterocycles. The molecule has 0 saturated carbocycles. The molecule has 41 heavy (non-hydrogen) atoms. The van der Waals surface area contributed by atoms with Gasteiger partial charge in [0.05, 0.1) is 14.8 Å². The molecule has 5 rings (SSSR count). The van der Waals surface area contributed by atoms with Crippen molar-refractivity contribution in [1.29, 1.82) is 0 Å². The van der Waals surface area contributed by atoms with Crippen LogP contribution < -0.4 is 10.9 Å². The van der Waals surface area contributed by atoms with Gasteiger partial charge in [-0.1, -0.05) is 71.8 Å². The van der Waals surface area contributed by atoms with Crippen LogP contribution in [0.2, 0.25) is 0 Å². The molecule has 0 atom stereocenters. The van der Waals surface area contributed by atoms with E-state index in [2.05, 4.69) is 25.5 Å². The lowest BCUT2D eigenvalue weighted by Gasteiger charge is -2.45. The van der Waals surface area contributed by atoms with Crippen molar-refractivity contribution in [3.8, 4) is 0 Å². The van der Waals surface area contributed by atoms with Crippen LogP contribution in [-0.4, -0.2) is 40.1 Å². The van der Waals surface area contributed by atoms with Gasteiger partial charge < -0.3 is 0 Å². The average Bonchev–Trinajstić information content (AvgIpc) is 3.21. The van der Waals surface area contributed by atoms with Gasteiger partial charge in [-0.25, -0.2) is 0 Å². The van der Waals surface area contributed by atoms with Gasteiger partial charge in [0, 0.05) is 55.9 Å². The number of hydrogen-bond donors (Lipinski definition) is 0. The number of hydrogen-bond acceptors (Lipinski definition) is 6. The Kier molecular flexibility index (Phi) is 7.05. The van der Waals surface area contributed by atoms with E-state index < -0.39 is 27.8 Å². The fraction of sp³-hybridized carbons (Fsp3) is 0.133. The molecular weight excluding hydrogens is 540 g/mol. The van der Waals surface area contributed by atoms with Crippen molar-refractivity contribution in [2.45, 2.75) is 6.92 Å². The van der Waals surface area contributed by atoms with Gasteiger partial charge in [0.15, 0.2) is 0 Å².